The van der Waals surface area contributed by atoms with Crippen molar-refractivity contribution in [1.29, 1.82) is 0 Å². The molecular weight excluding hydrogens is 632 g/mol. The summed E-state index contributed by atoms with van der Waals surface area (Å²) in [7, 11) is 0. The van der Waals surface area contributed by atoms with Gasteiger partial charge < -0.3 is 19.3 Å². The fraction of sp³-hybridized carbons (Fsp3) is 0.186. The lowest BCUT2D eigenvalue weighted by atomic mass is 9.94. The molecule has 1 fully saturated rings. The van der Waals surface area contributed by atoms with Crippen LogP contribution in [0.4, 0.5) is 8.78 Å². The number of hydrogen-bond acceptors (Lipinski definition) is 4. The second-order valence-corrected chi connectivity index (χ2v) is 12.6. The average molecular weight is 667 g/mol. The first kappa shape index (κ1) is 33.0. The number of epoxide rings is 1. The van der Waals surface area contributed by atoms with E-state index in [1.165, 1.54) is 12.1 Å². The number of aliphatic hydroxyl groups is 1. The van der Waals surface area contributed by atoms with Crippen LogP contribution in [0.1, 0.15) is 29.2 Å². The van der Waals surface area contributed by atoms with Gasteiger partial charge >= 0.3 is 6.07 Å². The Morgan fingerprint density at radius 3 is 2.22 bits per heavy atom. The molecule has 248 valence electrons. The van der Waals surface area contributed by atoms with E-state index in [1.54, 1.807) is 12.1 Å². The lowest BCUT2D eigenvalue weighted by Gasteiger charge is -2.11. The highest BCUT2D eigenvalue weighted by Gasteiger charge is 2.39. The van der Waals surface area contributed by atoms with Crippen LogP contribution in [0.3, 0.4) is 0 Å². The summed E-state index contributed by atoms with van der Waals surface area (Å²) in [5.41, 5.74) is 4.57. The molecule has 7 rings (SSSR count). The molecule has 0 radical (unpaired) electrons. The number of benzene rings is 6. The maximum absolute atomic E-state index is 15.4. The third-order valence-corrected chi connectivity index (χ3v) is 8.87. The molecule has 6 aromatic carbocycles. The molecule has 0 aliphatic carbocycles. The SMILES string of the molecule is CC1(COCCOc2ccc3c(C#[NH+])c(-c4cc(F)c(C#Cc5ccc6cc(-c7ccc(CCO)cc7)ccc6c5)c(F)c4)ccc3c2)CO1. The van der Waals surface area contributed by atoms with Crippen molar-refractivity contribution >= 4 is 21.5 Å². The van der Waals surface area contributed by atoms with E-state index in [1.807, 2.05) is 79.7 Å². The molecule has 1 atom stereocenters. The van der Waals surface area contributed by atoms with E-state index in [4.69, 9.17) is 24.6 Å². The van der Waals surface area contributed by atoms with Gasteiger partial charge in [0.05, 0.1) is 25.4 Å². The van der Waals surface area contributed by atoms with Crippen LogP contribution in [-0.2, 0) is 15.9 Å². The topological polar surface area (TPSA) is 75.0 Å². The molecule has 1 heterocycles. The number of aliphatic hydroxyl groups excluding tert-OH is 1. The molecule has 0 amide bonds. The molecule has 50 heavy (non-hydrogen) atoms. The zero-order valence-electron chi connectivity index (χ0n) is 27.5. The summed E-state index contributed by atoms with van der Waals surface area (Å²) >= 11 is 0. The molecule has 1 aliphatic rings. The number of hydrogen-bond donors (Lipinski definition) is 2. The Labute approximate surface area is 289 Å². The summed E-state index contributed by atoms with van der Waals surface area (Å²) in [6, 6.07) is 33.9. The molecule has 0 bridgehead atoms. The normalized spacial score (nSPS) is 15.0. The molecule has 0 spiro atoms. The van der Waals surface area contributed by atoms with Crippen molar-refractivity contribution in [3.05, 3.63) is 137 Å². The van der Waals surface area contributed by atoms with Crippen molar-refractivity contribution in [2.45, 2.75) is 18.9 Å². The van der Waals surface area contributed by atoms with Gasteiger partial charge in [0, 0.05) is 23.1 Å². The third kappa shape index (κ3) is 7.22. The molecule has 1 unspecified atom stereocenters. The van der Waals surface area contributed by atoms with E-state index in [0.717, 1.165) is 32.8 Å². The molecular formula is C43H34F2NO4+. The Bertz CT molecular complexity index is 2310. The first-order chi connectivity index (χ1) is 24.3. The van der Waals surface area contributed by atoms with Gasteiger partial charge in [-0.1, -0.05) is 71.7 Å². The predicted molar refractivity (Wildman–Crippen MR) is 190 cm³/mol. The van der Waals surface area contributed by atoms with Crippen molar-refractivity contribution in [2.75, 3.05) is 33.0 Å². The summed E-state index contributed by atoms with van der Waals surface area (Å²) in [6.45, 7) is 4.17. The van der Waals surface area contributed by atoms with Crippen LogP contribution in [-0.4, -0.2) is 43.7 Å². The minimum Gasteiger partial charge on any atom is -0.491 e. The lowest BCUT2D eigenvalue weighted by molar-refractivity contribution is -0.0907. The first-order valence-electron chi connectivity index (χ1n) is 16.4. The van der Waals surface area contributed by atoms with E-state index in [-0.39, 0.29) is 23.3 Å². The Hall–Kier alpha value is -5.57. The number of ether oxygens (including phenoxy) is 3. The largest absolute Gasteiger partial charge is 0.491 e. The summed E-state index contributed by atoms with van der Waals surface area (Å²) in [6.07, 6.45) is 0.625. The summed E-state index contributed by atoms with van der Waals surface area (Å²) in [5.74, 6) is 4.70. The Morgan fingerprint density at radius 2 is 1.48 bits per heavy atom. The molecule has 5 nitrogen and oxygen atoms in total. The minimum atomic E-state index is -0.785. The molecule has 0 aromatic heterocycles. The fourth-order valence-corrected chi connectivity index (χ4v) is 5.96. The Kier molecular flexibility index (Phi) is 9.30. The van der Waals surface area contributed by atoms with Crippen molar-refractivity contribution < 1.29 is 33.4 Å². The van der Waals surface area contributed by atoms with Crippen molar-refractivity contribution in [3.63, 3.8) is 0 Å². The fourth-order valence-electron chi connectivity index (χ4n) is 5.96. The van der Waals surface area contributed by atoms with Crippen molar-refractivity contribution in [2.24, 2.45) is 0 Å². The monoisotopic (exact) mass is 666 g/mol. The molecule has 2 N–H and O–H groups in total. The average Bonchev–Trinajstić information content (AvgIpc) is 3.87. The quantitative estimate of drug-likeness (QED) is 0.0954. The summed E-state index contributed by atoms with van der Waals surface area (Å²) in [4.78, 5) is 0. The Morgan fingerprint density at radius 1 is 0.760 bits per heavy atom. The first-order valence-corrected chi connectivity index (χ1v) is 16.4. The maximum Gasteiger partial charge on any atom is 0.309 e. The second kappa shape index (κ2) is 14.1. The highest BCUT2D eigenvalue weighted by Crippen LogP contribution is 2.33. The standard InChI is InChI=1S/C43H33F2NO4/c1-43(27-50-43)26-48-18-19-49-36-12-15-37-34(22-36)11-14-38(40(37)25-46)35-23-41(44)39(42(45)24-35)13-5-29-4-8-33-21-32(10-9-31(33)20-29)30-6-2-28(3-7-30)16-17-47/h2-4,6-12,14-15,20-24,47H,16-19,26-27H2,1H3/p+1. The van der Waals surface area contributed by atoms with Crippen LogP contribution in [0.15, 0.2) is 103 Å². The zero-order valence-corrected chi connectivity index (χ0v) is 27.5. The Balaban J connectivity index is 1.08. The zero-order chi connectivity index (χ0) is 34.7. The van der Waals surface area contributed by atoms with Crippen LogP contribution in [0.2, 0.25) is 0 Å². The van der Waals surface area contributed by atoms with E-state index in [9.17, 15) is 0 Å². The van der Waals surface area contributed by atoms with Gasteiger partial charge in [0.15, 0.2) is 0 Å². The smallest absolute Gasteiger partial charge is 0.309 e. The molecule has 1 saturated heterocycles. The molecule has 6 aromatic rings. The lowest BCUT2D eigenvalue weighted by Crippen LogP contribution is -2.18. The van der Waals surface area contributed by atoms with Crippen LogP contribution in [0.5, 0.6) is 5.75 Å². The number of halogens is 2. The molecule has 1 aliphatic heterocycles. The maximum atomic E-state index is 15.4. The van der Waals surface area contributed by atoms with Crippen LogP contribution in [0.25, 0.3) is 43.8 Å². The van der Waals surface area contributed by atoms with Gasteiger partial charge in [0.1, 0.15) is 35.2 Å². The van der Waals surface area contributed by atoms with Gasteiger partial charge in [0.2, 0.25) is 0 Å². The highest BCUT2D eigenvalue weighted by atomic mass is 19.1. The van der Waals surface area contributed by atoms with E-state index < -0.39 is 11.6 Å². The van der Waals surface area contributed by atoms with E-state index >= 15 is 8.78 Å². The van der Waals surface area contributed by atoms with E-state index in [2.05, 4.69) is 24.0 Å². The van der Waals surface area contributed by atoms with E-state index in [0.29, 0.717) is 60.7 Å². The van der Waals surface area contributed by atoms with Crippen molar-refractivity contribution in [1.82, 2.24) is 0 Å². The summed E-state index contributed by atoms with van der Waals surface area (Å²) < 4.78 is 47.6. The third-order valence-electron chi connectivity index (χ3n) is 8.87. The molecule has 0 saturated carbocycles. The highest BCUT2D eigenvalue weighted by molar-refractivity contribution is 5.95. The van der Waals surface area contributed by atoms with Crippen molar-refractivity contribution in [3.8, 4) is 45.9 Å². The number of nitrogens with one attached hydrogen (secondary N) is 1. The minimum absolute atomic E-state index is 0.119. The van der Waals surface area contributed by atoms with Gasteiger partial charge in [-0.15, -0.1) is 0 Å². The molecule has 7 heteroatoms. The van der Waals surface area contributed by atoms with Gasteiger partial charge in [-0.3, -0.25) is 0 Å². The number of fused-ring (bicyclic) bond motifs is 2. The van der Waals surface area contributed by atoms with Gasteiger partial charge in [0.25, 0.3) is 0 Å². The van der Waals surface area contributed by atoms with Crippen LogP contribution < -0.4 is 10.00 Å². The number of rotatable bonds is 10. The van der Waals surface area contributed by atoms with Gasteiger partial charge in [-0.25, -0.2) is 8.78 Å². The van der Waals surface area contributed by atoms with Crippen LogP contribution in [0, 0.1) is 29.5 Å². The van der Waals surface area contributed by atoms with Crippen LogP contribution >= 0.6 is 0 Å². The second-order valence-electron chi connectivity index (χ2n) is 12.6. The van der Waals surface area contributed by atoms with Gasteiger partial charge in [-0.05, 0) is 100 Å². The summed E-state index contributed by atoms with van der Waals surface area (Å²) in [5, 5.41) is 20.7. The predicted octanol–water partition coefficient (Wildman–Crippen LogP) is 6.84. The van der Waals surface area contributed by atoms with Gasteiger partial charge in [-0.2, -0.15) is 0 Å².